The molecule has 0 aliphatic rings. The minimum atomic E-state index is -4.67. The first-order chi connectivity index (χ1) is 3.00. The van der Waals surface area contributed by atoms with Crippen molar-refractivity contribution in [2.75, 3.05) is 7.05 Å². The number of hydrogen-bond donors (Lipinski definition) is 4. The molecule has 0 aliphatic heterocycles. The molecule has 0 aromatic carbocycles. The molecule has 0 saturated carbocycles. The van der Waals surface area contributed by atoms with Gasteiger partial charge >= 0.3 is 10.4 Å². The van der Waals surface area contributed by atoms with Gasteiger partial charge in [0, 0.05) is 0 Å². The van der Waals surface area contributed by atoms with Crippen molar-refractivity contribution >= 4 is 10.4 Å². The van der Waals surface area contributed by atoms with Crippen molar-refractivity contribution in [3.05, 3.63) is 0 Å². The molecule has 0 amide bonds. The molecule has 0 radical (unpaired) electrons. The summed E-state index contributed by atoms with van der Waals surface area (Å²) in [5, 5.41) is 0. The zero-order chi connectivity index (χ0) is 6.50. The summed E-state index contributed by atoms with van der Waals surface area (Å²) in [4.78, 5) is 0. The first-order valence-corrected chi connectivity index (χ1v) is 2.67. The van der Waals surface area contributed by atoms with Crippen molar-refractivity contribution in [1.29, 1.82) is 0 Å². The maximum absolute atomic E-state index is 8.74. The van der Waals surface area contributed by atoms with E-state index < -0.39 is 10.4 Å². The SMILES string of the molecule is CN.N.O=S(=O)(O)O. The highest BCUT2D eigenvalue weighted by molar-refractivity contribution is 7.79. The van der Waals surface area contributed by atoms with E-state index in [-0.39, 0.29) is 6.15 Å². The second-order valence-electron chi connectivity index (χ2n) is 0.448. The van der Waals surface area contributed by atoms with E-state index in [0.29, 0.717) is 0 Å². The second-order valence-corrected chi connectivity index (χ2v) is 1.34. The number of nitrogens with two attached hydrogens (primary N) is 1. The van der Waals surface area contributed by atoms with Gasteiger partial charge in [-0.2, -0.15) is 8.42 Å². The molecule has 0 atom stereocenters. The minimum absolute atomic E-state index is 0. The predicted octanol–water partition coefficient (Wildman–Crippen LogP) is -0.916. The van der Waals surface area contributed by atoms with Crippen molar-refractivity contribution in [2.45, 2.75) is 0 Å². The average molecular weight is 146 g/mol. The van der Waals surface area contributed by atoms with E-state index in [4.69, 9.17) is 17.5 Å². The van der Waals surface area contributed by atoms with Gasteiger partial charge in [-0.05, 0) is 7.05 Å². The van der Waals surface area contributed by atoms with E-state index in [2.05, 4.69) is 5.73 Å². The monoisotopic (exact) mass is 146 g/mol. The Morgan fingerprint density at radius 3 is 1.25 bits per heavy atom. The van der Waals surface area contributed by atoms with E-state index in [1.807, 2.05) is 0 Å². The smallest absolute Gasteiger partial charge is 0.344 e. The summed E-state index contributed by atoms with van der Waals surface area (Å²) >= 11 is 0. The fraction of sp³-hybridized carbons (Fsp3) is 1.00. The molecule has 8 heavy (non-hydrogen) atoms. The van der Waals surface area contributed by atoms with Crippen LogP contribution in [-0.4, -0.2) is 24.6 Å². The molecule has 0 unspecified atom stereocenters. The van der Waals surface area contributed by atoms with Crippen LogP contribution in [0.1, 0.15) is 0 Å². The van der Waals surface area contributed by atoms with Gasteiger partial charge < -0.3 is 11.9 Å². The van der Waals surface area contributed by atoms with Crippen LogP contribution in [0.25, 0.3) is 0 Å². The van der Waals surface area contributed by atoms with Crippen LogP contribution in [0, 0.1) is 0 Å². The molecule has 0 aromatic heterocycles. The first-order valence-electron chi connectivity index (χ1n) is 1.28. The average Bonchev–Trinajstić information content (AvgIpc) is 1.36. The third-order valence-corrected chi connectivity index (χ3v) is 0. The van der Waals surface area contributed by atoms with Crippen LogP contribution >= 0.6 is 0 Å². The van der Waals surface area contributed by atoms with E-state index in [1.165, 1.54) is 7.05 Å². The van der Waals surface area contributed by atoms with Gasteiger partial charge in [0.15, 0.2) is 0 Å². The molecule has 0 bridgehead atoms. The lowest BCUT2D eigenvalue weighted by Crippen LogP contribution is -1.89. The van der Waals surface area contributed by atoms with Crippen LogP contribution in [0.15, 0.2) is 0 Å². The van der Waals surface area contributed by atoms with Crippen molar-refractivity contribution in [2.24, 2.45) is 5.73 Å². The summed E-state index contributed by atoms with van der Waals surface area (Å²) in [6, 6.07) is 0. The fourth-order valence-electron chi connectivity index (χ4n) is 0. The first kappa shape index (κ1) is 15.7. The third kappa shape index (κ3) is 3010. The Labute approximate surface area is 47.9 Å². The molecule has 0 saturated heterocycles. The summed E-state index contributed by atoms with van der Waals surface area (Å²) in [5.74, 6) is 0. The van der Waals surface area contributed by atoms with Crippen LogP contribution in [-0.2, 0) is 10.4 Å². The topological polar surface area (TPSA) is 136 Å². The van der Waals surface area contributed by atoms with Crippen molar-refractivity contribution < 1.29 is 17.5 Å². The Morgan fingerprint density at radius 1 is 1.25 bits per heavy atom. The molecule has 54 valence electrons. The van der Waals surface area contributed by atoms with Crippen LogP contribution < -0.4 is 11.9 Å². The molecule has 0 heterocycles. The molecule has 0 rings (SSSR count). The zero-order valence-corrected chi connectivity index (χ0v) is 5.22. The lowest BCUT2D eigenvalue weighted by atomic mass is 11.6. The molecule has 0 aliphatic carbocycles. The maximum atomic E-state index is 8.74. The zero-order valence-electron chi connectivity index (χ0n) is 4.40. The highest BCUT2D eigenvalue weighted by atomic mass is 32.3. The lowest BCUT2D eigenvalue weighted by molar-refractivity contribution is 0.381. The van der Waals surface area contributed by atoms with Gasteiger partial charge in [0.1, 0.15) is 0 Å². The Morgan fingerprint density at radius 2 is 1.25 bits per heavy atom. The van der Waals surface area contributed by atoms with Gasteiger partial charge in [0.2, 0.25) is 0 Å². The molecule has 0 fully saturated rings. The lowest BCUT2D eigenvalue weighted by Gasteiger charge is -1.68. The Kier molecular flexibility index (Phi) is 13.3. The Hall–Kier alpha value is -0.210. The van der Waals surface area contributed by atoms with Crippen molar-refractivity contribution in [1.82, 2.24) is 6.15 Å². The second kappa shape index (κ2) is 6.79. The summed E-state index contributed by atoms with van der Waals surface area (Å²) in [7, 11) is -3.17. The Balaban J connectivity index is -0.0000000750. The quantitative estimate of drug-likeness (QED) is 0.326. The molecule has 0 aromatic rings. The molecular formula is CH10N2O4S. The van der Waals surface area contributed by atoms with E-state index >= 15 is 0 Å². The van der Waals surface area contributed by atoms with Crippen LogP contribution in [0.3, 0.4) is 0 Å². The molecule has 0 spiro atoms. The largest absolute Gasteiger partial charge is 0.394 e. The highest BCUT2D eigenvalue weighted by Gasteiger charge is 1.84. The summed E-state index contributed by atoms with van der Waals surface area (Å²) in [6.07, 6.45) is 0. The minimum Gasteiger partial charge on any atom is -0.344 e. The van der Waals surface area contributed by atoms with Crippen LogP contribution in [0.5, 0.6) is 0 Å². The van der Waals surface area contributed by atoms with E-state index in [0.717, 1.165) is 0 Å². The number of rotatable bonds is 0. The molecule has 7 heteroatoms. The maximum Gasteiger partial charge on any atom is 0.394 e. The normalized spacial score (nSPS) is 8.00. The van der Waals surface area contributed by atoms with Gasteiger partial charge in [0.25, 0.3) is 0 Å². The Bertz CT molecular complexity index is 97.2. The summed E-state index contributed by atoms with van der Waals surface area (Å²) in [5.41, 5.74) is 4.50. The molecular weight excluding hydrogens is 136 g/mol. The van der Waals surface area contributed by atoms with Gasteiger partial charge in [-0.25, -0.2) is 0 Å². The van der Waals surface area contributed by atoms with Crippen LogP contribution in [0.4, 0.5) is 0 Å². The van der Waals surface area contributed by atoms with Gasteiger partial charge in [0.05, 0.1) is 0 Å². The molecule has 6 nitrogen and oxygen atoms in total. The summed E-state index contributed by atoms with van der Waals surface area (Å²) in [6.45, 7) is 0. The molecule has 7 N–H and O–H groups in total. The van der Waals surface area contributed by atoms with E-state index in [9.17, 15) is 0 Å². The van der Waals surface area contributed by atoms with Crippen molar-refractivity contribution in [3.63, 3.8) is 0 Å². The third-order valence-electron chi connectivity index (χ3n) is 0. The van der Waals surface area contributed by atoms with Gasteiger partial charge in [-0.15, -0.1) is 0 Å². The highest BCUT2D eigenvalue weighted by Crippen LogP contribution is 1.59. The fourth-order valence-corrected chi connectivity index (χ4v) is 0. The van der Waals surface area contributed by atoms with Crippen molar-refractivity contribution in [3.8, 4) is 0 Å². The predicted molar refractivity (Wildman–Crippen MR) is 29.3 cm³/mol. The van der Waals surface area contributed by atoms with Crippen LogP contribution in [0.2, 0.25) is 0 Å². The number of hydrogen-bond acceptors (Lipinski definition) is 4. The van der Waals surface area contributed by atoms with Gasteiger partial charge in [-0.3, -0.25) is 9.11 Å². The standard InChI is InChI=1S/CH5N.H3N.H2O4S/c1-2;;1-5(2,3)4/h2H2,1H3;1H3;(H2,1,2,3,4). The summed E-state index contributed by atoms with van der Waals surface area (Å²) < 4.78 is 31.6. The van der Waals surface area contributed by atoms with E-state index in [1.54, 1.807) is 0 Å². The van der Waals surface area contributed by atoms with Gasteiger partial charge in [-0.1, -0.05) is 0 Å².